The van der Waals surface area contributed by atoms with Crippen molar-refractivity contribution < 1.29 is 0 Å². The molecule has 1 aliphatic heterocycles. The minimum atomic E-state index is 1.04. The maximum absolute atomic E-state index is 5.49. The van der Waals surface area contributed by atoms with Gasteiger partial charge in [-0.05, 0) is 18.1 Å². The molecule has 1 aromatic carbocycles. The second kappa shape index (κ2) is 5.84. The first kappa shape index (κ1) is 11.4. The van der Waals surface area contributed by atoms with Gasteiger partial charge in [0.25, 0.3) is 0 Å². The highest BCUT2D eigenvalue weighted by molar-refractivity contribution is 5.50. The van der Waals surface area contributed by atoms with E-state index in [2.05, 4.69) is 27.8 Å². The monoisotopic (exact) mass is 220 g/mol. The van der Waals surface area contributed by atoms with Gasteiger partial charge < -0.3 is 15.6 Å². The van der Waals surface area contributed by atoms with E-state index in [-0.39, 0.29) is 0 Å². The Bertz CT molecular complexity index is 321. The summed E-state index contributed by atoms with van der Waals surface area (Å²) in [6.07, 6.45) is 1.06. The quantitative estimate of drug-likeness (QED) is 0.508. The average Bonchev–Trinajstić information content (AvgIpc) is 2.38. The number of nitrogens with one attached hydrogen (secondary N) is 2. The van der Waals surface area contributed by atoms with Crippen LogP contribution in [0.3, 0.4) is 0 Å². The normalized spacial score (nSPS) is 17.3. The van der Waals surface area contributed by atoms with Crippen molar-refractivity contribution in [3.8, 4) is 0 Å². The lowest BCUT2D eigenvalue weighted by atomic mass is 10.1. The van der Waals surface area contributed by atoms with Gasteiger partial charge in [-0.3, -0.25) is 5.84 Å². The van der Waals surface area contributed by atoms with Crippen molar-refractivity contribution in [3.05, 3.63) is 29.8 Å². The number of hydrazine groups is 1. The van der Waals surface area contributed by atoms with Crippen LogP contribution in [0.2, 0.25) is 0 Å². The molecule has 0 radical (unpaired) electrons. The van der Waals surface area contributed by atoms with E-state index in [1.165, 1.54) is 5.56 Å². The van der Waals surface area contributed by atoms with Gasteiger partial charge in [-0.2, -0.15) is 0 Å². The number of nitrogens with zero attached hydrogens (tertiary/aromatic N) is 1. The topological polar surface area (TPSA) is 53.3 Å². The van der Waals surface area contributed by atoms with Crippen LogP contribution in [0.1, 0.15) is 5.56 Å². The van der Waals surface area contributed by atoms with Gasteiger partial charge in [0.2, 0.25) is 0 Å². The summed E-state index contributed by atoms with van der Waals surface area (Å²) >= 11 is 0. The third kappa shape index (κ3) is 2.95. The van der Waals surface area contributed by atoms with Crippen LogP contribution >= 0.6 is 0 Å². The van der Waals surface area contributed by atoms with Gasteiger partial charge in [0.1, 0.15) is 0 Å². The Morgan fingerprint density at radius 3 is 2.75 bits per heavy atom. The molecule has 0 bridgehead atoms. The van der Waals surface area contributed by atoms with Crippen LogP contribution in [0.15, 0.2) is 24.3 Å². The number of nitrogen functional groups attached to an aromatic ring is 1. The highest BCUT2D eigenvalue weighted by atomic mass is 15.2. The Hall–Kier alpha value is -1.10. The van der Waals surface area contributed by atoms with E-state index < -0.39 is 0 Å². The number of para-hydroxylation sites is 1. The lowest BCUT2D eigenvalue weighted by Gasteiger charge is -2.27. The zero-order chi connectivity index (χ0) is 11.2. The van der Waals surface area contributed by atoms with Crippen molar-refractivity contribution in [1.82, 2.24) is 10.2 Å². The summed E-state index contributed by atoms with van der Waals surface area (Å²) in [5, 5.41) is 3.36. The second-order valence-corrected chi connectivity index (χ2v) is 4.14. The molecular weight excluding hydrogens is 200 g/mol. The zero-order valence-corrected chi connectivity index (χ0v) is 9.58. The van der Waals surface area contributed by atoms with Gasteiger partial charge in [0.05, 0.1) is 5.69 Å². The fourth-order valence-corrected chi connectivity index (χ4v) is 2.09. The van der Waals surface area contributed by atoms with E-state index in [4.69, 9.17) is 5.84 Å². The number of nitrogens with two attached hydrogens (primary N) is 1. The number of anilines is 1. The molecule has 0 spiro atoms. The van der Waals surface area contributed by atoms with Crippen LogP contribution in [0.5, 0.6) is 0 Å². The lowest BCUT2D eigenvalue weighted by molar-refractivity contribution is 0.244. The number of hydrogen-bond acceptors (Lipinski definition) is 4. The summed E-state index contributed by atoms with van der Waals surface area (Å²) in [7, 11) is 0. The highest BCUT2D eigenvalue weighted by Gasteiger charge is 2.09. The Morgan fingerprint density at radius 2 is 2.00 bits per heavy atom. The molecule has 0 amide bonds. The fraction of sp³-hybridized carbons (Fsp3) is 0.500. The molecule has 16 heavy (non-hydrogen) atoms. The molecule has 4 nitrogen and oxygen atoms in total. The van der Waals surface area contributed by atoms with Gasteiger partial charge in [0, 0.05) is 32.7 Å². The summed E-state index contributed by atoms with van der Waals surface area (Å²) < 4.78 is 0. The molecular formula is C12H20N4. The van der Waals surface area contributed by atoms with E-state index in [1.807, 2.05) is 12.1 Å². The molecule has 2 rings (SSSR count). The van der Waals surface area contributed by atoms with Crippen LogP contribution < -0.4 is 16.6 Å². The van der Waals surface area contributed by atoms with Crippen molar-refractivity contribution in [2.45, 2.75) is 6.42 Å². The highest BCUT2D eigenvalue weighted by Crippen LogP contribution is 2.14. The molecule has 1 fully saturated rings. The molecule has 0 atom stereocenters. The van der Waals surface area contributed by atoms with E-state index in [9.17, 15) is 0 Å². The maximum Gasteiger partial charge on any atom is 0.0517 e. The van der Waals surface area contributed by atoms with Crippen LogP contribution in [-0.4, -0.2) is 37.6 Å². The molecule has 1 saturated heterocycles. The molecule has 1 aliphatic rings. The van der Waals surface area contributed by atoms with Crippen LogP contribution in [0.4, 0.5) is 5.69 Å². The van der Waals surface area contributed by atoms with E-state index in [0.717, 1.165) is 44.8 Å². The minimum absolute atomic E-state index is 1.04. The second-order valence-electron chi connectivity index (χ2n) is 4.14. The summed E-state index contributed by atoms with van der Waals surface area (Å²) in [4.78, 5) is 2.49. The molecule has 4 heteroatoms. The third-order valence-electron chi connectivity index (χ3n) is 3.08. The van der Waals surface area contributed by atoms with Crippen molar-refractivity contribution >= 4 is 5.69 Å². The van der Waals surface area contributed by atoms with Crippen molar-refractivity contribution in [1.29, 1.82) is 0 Å². The zero-order valence-electron chi connectivity index (χ0n) is 9.58. The molecule has 1 heterocycles. The summed E-state index contributed by atoms with van der Waals surface area (Å²) in [5.41, 5.74) is 5.09. The predicted octanol–water partition coefficient (Wildman–Crippen LogP) is 0.420. The number of benzene rings is 1. The van der Waals surface area contributed by atoms with Crippen molar-refractivity contribution in [3.63, 3.8) is 0 Å². The van der Waals surface area contributed by atoms with Gasteiger partial charge in [0.15, 0.2) is 0 Å². The summed E-state index contributed by atoms with van der Waals surface area (Å²) in [5.74, 6) is 5.49. The van der Waals surface area contributed by atoms with Crippen LogP contribution in [0, 0.1) is 0 Å². The van der Waals surface area contributed by atoms with Gasteiger partial charge in [-0.1, -0.05) is 18.2 Å². The van der Waals surface area contributed by atoms with Crippen LogP contribution in [-0.2, 0) is 6.42 Å². The Morgan fingerprint density at radius 1 is 1.25 bits per heavy atom. The minimum Gasteiger partial charge on any atom is -0.324 e. The summed E-state index contributed by atoms with van der Waals surface area (Å²) in [6.45, 7) is 5.63. The largest absolute Gasteiger partial charge is 0.324 e. The lowest BCUT2D eigenvalue weighted by Crippen LogP contribution is -2.44. The Kier molecular flexibility index (Phi) is 4.16. The van der Waals surface area contributed by atoms with Gasteiger partial charge in [-0.15, -0.1) is 0 Å². The number of piperazine rings is 1. The first-order valence-corrected chi connectivity index (χ1v) is 5.88. The molecule has 1 aromatic rings. The van der Waals surface area contributed by atoms with Gasteiger partial charge >= 0.3 is 0 Å². The molecule has 88 valence electrons. The smallest absolute Gasteiger partial charge is 0.0517 e. The fourth-order valence-electron chi connectivity index (χ4n) is 2.09. The Balaban J connectivity index is 1.88. The van der Waals surface area contributed by atoms with E-state index in [0.29, 0.717) is 0 Å². The SMILES string of the molecule is NNc1ccccc1CCN1CCNCC1. The standard InChI is InChI=1S/C12H20N4/c13-15-12-4-2-1-3-11(12)5-8-16-9-6-14-7-10-16/h1-4,14-15H,5-10,13H2. The number of hydrogen-bond donors (Lipinski definition) is 3. The van der Waals surface area contributed by atoms with Crippen molar-refractivity contribution in [2.24, 2.45) is 5.84 Å². The first-order chi connectivity index (χ1) is 7.90. The Labute approximate surface area is 96.8 Å². The van der Waals surface area contributed by atoms with Gasteiger partial charge in [-0.25, -0.2) is 0 Å². The number of rotatable bonds is 4. The molecule has 4 N–H and O–H groups in total. The van der Waals surface area contributed by atoms with Crippen molar-refractivity contribution in [2.75, 3.05) is 38.1 Å². The summed E-state index contributed by atoms with van der Waals surface area (Å²) in [6, 6.07) is 8.22. The maximum atomic E-state index is 5.49. The van der Waals surface area contributed by atoms with E-state index in [1.54, 1.807) is 0 Å². The first-order valence-electron chi connectivity index (χ1n) is 5.88. The van der Waals surface area contributed by atoms with E-state index >= 15 is 0 Å². The molecule has 0 saturated carbocycles. The average molecular weight is 220 g/mol. The molecule has 0 unspecified atom stereocenters. The predicted molar refractivity (Wildman–Crippen MR) is 67.3 cm³/mol. The third-order valence-corrected chi connectivity index (χ3v) is 3.08. The molecule has 0 aromatic heterocycles. The molecule has 0 aliphatic carbocycles. The van der Waals surface area contributed by atoms with Crippen LogP contribution in [0.25, 0.3) is 0 Å².